The highest BCUT2D eigenvalue weighted by Gasteiger charge is 2.54. The SMILES string of the molecule is O=C(O)C1(CC(F)(F)F)CSCCC1F. The molecular weight excluding hydrogens is 236 g/mol. The highest BCUT2D eigenvalue weighted by atomic mass is 32.2. The van der Waals surface area contributed by atoms with Gasteiger partial charge in [-0.15, -0.1) is 0 Å². The topological polar surface area (TPSA) is 37.3 Å². The molecule has 1 rings (SSSR count). The van der Waals surface area contributed by atoms with Crippen molar-refractivity contribution >= 4 is 17.7 Å². The fourth-order valence-electron chi connectivity index (χ4n) is 1.60. The smallest absolute Gasteiger partial charge is 0.390 e. The van der Waals surface area contributed by atoms with Crippen LogP contribution in [-0.4, -0.2) is 34.9 Å². The number of carboxylic acids is 1. The van der Waals surface area contributed by atoms with Gasteiger partial charge in [0.05, 0.1) is 6.42 Å². The lowest BCUT2D eigenvalue weighted by Crippen LogP contribution is -2.48. The molecule has 0 aromatic heterocycles. The molecule has 2 atom stereocenters. The minimum atomic E-state index is -4.65. The van der Waals surface area contributed by atoms with Gasteiger partial charge in [-0.2, -0.15) is 24.9 Å². The van der Waals surface area contributed by atoms with Gasteiger partial charge in [-0.3, -0.25) is 4.79 Å². The first-order valence-corrected chi connectivity index (χ1v) is 5.45. The molecule has 2 nitrogen and oxygen atoms in total. The molecule has 2 unspecified atom stereocenters. The number of alkyl halides is 4. The van der Waals surface area contributed by atoms with Crippen LogP contribution in [0.15, 0.2) is 0 Å². The molecule has 1 heterocycles. The molecule has 0 aromatic rings. The number of carboxylic acid groups (broad SMARTS) is 1. The quantitative estimate of drug-likeness (QED) is 0.760. The maximum Gasteiger partial charge on any atom is 0.390 e. The summed E-state index contributed by atoms with van der Waals surface area (Å²) in [4.78, 5) is 10.8. The summed E-state index contributed by atoms with van der Waals surface area (Å²) < 4.78 is 49.9. The number of thioether (sulfide) groups is 1. The van der Waals surface area contributed by atoms with Crippen LogP contribution in [0, 0.1) is 5.41 Å². The Morgan fingerprint density at radius 1 is 1.53 bits per heavy atom. The number of carbonyl (C=O) groups is 1. The zero-order valence-corrected chi connectivity index (χ0v) is 8.50. The fourth-order valence-corrected chi connectivity index (χ4v) is 2.89. The zero-order chi connectivity index (χ0) is 11.7. The summed E-state index contributed by atoms with van der Waals surface area (Å²) in [6.07, 6.45) is -8.30. The van der Waals surface area contributed by atoms with E-state index in [9.17, 15) is 22.4 Å². The normalized spacial score (nSPS) is 32.7. The lowest BCUT2D eigenvalue weighted by molar-refractivity contribution is -0.184. The molecule has 1 fully saturated rings. The third-order valence-electron chi connectivity index (χ3n) is 2.42. The Bertz CT molecular complexity index is 256. The van der Waals surface area contributed by atoms with Crippen LogP contribution in [0.2, 0.25) is 0 Å². The molecule has 7 heteroatoms. The van der Waals surface area contributed by atoms with Crippen LogP contribution < -0.4 is 0 Å². The van der Waals surface area contributed by atoms with Gasteiger partial charge in [0, 0.05) is 5.75 Å². The maximum absolute atomic E-state index is 13.4. The maximum atomic E-state index is 13.4. The van der Waals surface area contributed by atoms with Crippen molar-refractivity contribution in [3.05, 3.63) is 0 Å². The second kappa shape index (κ2) is 4.19. The van der Waals surface area contributed by atoms with E-state index in [4.69, 9.17) is 5.11 Å². The van der Waals surface area contributed by atoms with Gasteiger partial charge in [0.2, 0.25) is 0 Å². The van der Waals surface area contributed by atoms with E-state index in [1.165, 1.54) is 0 Å². The average Bonchev–Trinajstić information content (AvgIpc) is 2.06. The van der Waals surface area contributed by atoms with Crippen molar-refractivity contribution in [2.24, 2.45) is 5.41 Å². The standard InChI is InChI=1S/C8H10F4O2S/c9-5-1-2-15-4-7(5,6(13)14)3-8(10,11)12/h5H,1-4H2,(H,13,14). The summed E-state index contributed by atoms with van der Waals surface area (Å²) in [6.45, 7) is 0. The minimum Gasteiger partial charge on any atom is -0.481 e. The number of halogens is 4. The first-order chi connectivity index (χ1) is 6.78. The molecule has 0 aliphatic carbocycles. The molecule has 0 saturated carbocycles. The third-order valence-corrected chi connectivity index (χ3v) is 3.66. The predicted molar refractivity (Wildman–Crippen MR) is 47.6 cm³/mol. The van der Waals surface area contributed by atoms with Crippen LogP contribution in [-0.2, 0) is 4.79 Å². The molecule has 0 amide bonds. The van der Waals surface area contributed by atoms with E-state index >= 15 is 0 Å². The van der Waals surface area contributed by atoms with Crippen LogP contribution in [0.1, 0.15) is 12.8 Å². The zero-order valence-electron chi connectivity index (χ0n) is 7.68. The van der Waals surface area contributed by atoms with Crippen molar-refractivity contribution in [3.8, 4) is 0 Å². The molecule has 1 aliphatic heterocycles. The minimum absolute atomic E-state index is 0.132. The highest BCUT2D eigenvalue weighted by molar-refractivity contribution is 7.99. The van der Waals surface area contributed by atoms with Gasteiger partial charge in [0.25, 0.3) is 0 Å². The monoisotopic (exact) mass is 246 g/mol. The van der Waals surface area contributed by atoms with Gasteiger partial charge < -0.3 is 5.11 Å². The lowest BCUT2D eigenvalue weighted by atomic mass is 9.80. The van der Waals surface area contributed by atoms with Gasteiger partial charge in [-0.1, -0.05) is 0 Å². The second-order valence-corrected chi connectivity index (χ2v) is 4.67. The molecule has 0 aromatic carbocycles. The van der Waals surface area contributed by atoms with E-state index in [1.54, 1.807) is 0 Å². The van der Waals surface area contributed by atoms with Crippen molar-refractivity contribution in [2.45, 2.75) is 25.2 Å². The summed E-state index contributed by atoms with van der Waals surface area (Å²) in [5, 5.41) is 8.77. The van der Waals surface area contributed by atoms with Crippen LogP contribution in [0.5, 0.6) is 0 Å². The van der Waals surface area contributed by atoms with E-state index in [0.29, 0.717) is 5.75 Å². The first-order valence-electron chi connectivity index (χ1n) is 4.30. The molecule has 1 saturated heterocycles. The van der Waals surface area contributed by atoms with Crippen LogP contribution in [0.3, 0.4) is 0 Å². The lowest BCUT2D eigenvalue weighted by Gasteiger charge is -2.36. The van der Waals surface area contributed by atoms with E-state index in [0.717, 1.165) is 11.8 Å². The van der Waals surface area contributed by atoms with Crippen molar-refractivity contribution in [1.82, 2.24) is 0 Å². The molecular formula is C8H10F4O2S. The summed E-state index contributed by atoms with van der Waals surface area (Å²) in [5.74, 6) is -1.64. The number of aliphatic carboxylic acids is 1. The van der Waals surface area contributed by atoms with Crippen molar-refractivity contribution in [1.29, 1.82) is 0 Å². The van der Waals surface area contributed by atoms with Gasteiger partial charge in [-0.25, -0.2) is 4.39 Å². The van der Waals surface area contributed by atoms with E-state index in [2.05, 4.69) is 0 Å². The molecule has 0 spiro atoms. The van der Waals surface area contributed by atoms with Crippen LogP contribution in [0.4, 0.5) is 17.6 Å². The predicted octanol–water partition coefficient (Wildman–Crippen LogP) is 2.48. The third kappa shape index (κ3) is 2.76. The molecule has 1 aliphatic rings. The number of rotatable bonds is 2. The molecule has 0 bridgehead atoms. The summed E-state index contributed by atoms with van der Waals surface area (Å²) in [6, 6.07) is 0. The Kier molecular flexibility index (Phi) is 3.52. The van der Waals surface area contributed by atoms with Gasteiger partial charge >= 0.3 is 12.1 Å². The fraction of sp³-hybridized carbons (Fsp3) is 0.875. The molecule has 88 valence electrons. The summed E-state index contributed by atoms with van der Waals surface area (Å²) in [7, 11) is 0. The Balaban J connectivity index is 2.91. The largest absolute Gasteiger partial charge is 0.481 e. The molecule has 0 radical (unpaired) electrons. The molecule has 1 N–H and O–H groups in total. The van der Waals surface area contributed by atoms with Crippen LogP contribution >= 0.6 is 11.8 Å². The Labute approximate surface area is 88.0 Å². The van der Waals surface area contributed by atoms with Crippen molar-refractivity contribution in [3.63, 3.8) is 0 Å². The summed E-state index contributed by atoms with van der Waals surface area (Å²) in [5.41, 5.74) is -2.29. The molecule has 15 heavy (non-hydrogen) atoms. The van der Waals surface area contributed by atoms with Gasteiger partial charge in [0.15, 0.2) is 0 Å². The van der Waals surface area contributed by atoms with E-state index in [-0.39, 0.29) is 12.2 Å². The Hall–Kier alpha value is -0.460. The highest BCUT2D eigenvalue weighted by Crippen LogP contribution is 2.44. The number of hydrogen-bond acceptors (Lipinski definition) is 2. The van der Waals surface area contributed by atoms with E-state index in [1.807, 2.05) is 0 Å². The average molecular weight is 246 g/mol. The number of hydrogen-bond donors (Lipinski definition) is 1. The van der Waals surface area contributed by atoms with Crippen molar-refractivity contribution in [2.75, 3.05) is 11.5 Å². The Morgan fingerprint density at radius 3 is 2.53 bits per heavy atom. The van der Waals surface area contributed by atoms with Crippen LogP contribution in [0.25, 0.3) is 0 Å². The second-order valence-electron chi connectivity index (χ2n) is 3.56. The van der Waals surface area contributed by atoms with Crippen molar-refractivity contribution < 1.29 is 27.5 Å². The van der Waals surface area contributed by atoms with E-state index < -0.39 is 30.2 Å². The Morgan fingerprint density at radius 2 is 2.13 bits per heavy atom. The first kappa shape index (κ1) is 12.6. The van der Waals surface area contributed by atoms with Gasteiger partial charge in [-0.05, 0) is 12.2 Å². The summed E-state index contributed by atoms with van der Waals surface area (Å²) >= 11 is 1.05. The van der Waals surface area contributed by atoms with Gasteiger partial charge in [0.1, 0.15) is 11.6 Å².